The van der Waals surface area contributed by atoms with E-state index in [0.717, 1.165) is 39.0 Å². The number of likely N-dealkylation sites (tertiary alicyclic amines) is 1. The van der Waals surface area contributed by atoms with E-state index in [4.69, 9.17) is 0 Å². The first-order valence-corrected chi connectivity index (χ1v) is 8.68. The van der Waals surface area contributed by atoms with Crippen molar-refractivity contribution in [2.45, 2.75) is 38.0 Å². The van der Waals surface area contributed by atoms with Gasteiger partial charge in [0.15, 0.2) is 0 Å². The third kappa shape index (κ3) is 3.18. The SMILES string of the molecule is Cl.Cl.Cn1cc(C2CCN(C(=O)[C@@]34CCCC[C@H]3CNC4)C2)cn1. The van der Waals surface area contributed by atoms with Gasteiger partial charge in [0.2, 0.25) is 5.91 Å². The molecule has 3 atom stereocenters. The Morgan fingerprint density at radius 1 is 1.33 bits per heavy atom. The molecule has 1 aromatic heterocycles. The second-order valence-electron chi connectivity index (χ2n) is 7.41. The summed E-state index contributed by atoms with van der Waals surface area (Å²) in [7, 11) is 1.96. The minimum atomic E-state index is -0.0952. The first kappa shape index (κ1) is 19.5. The van der Waals surface area contributed by atoms with Gasteiger partial charge in [0.25, 0.3) is 0 Å². The fourth-order valence-electron chi connectivity index (χ4n) is 4.85. The summed E-state index contributed by atoms with van der Waals surface area (Å²) in [5, 5.41) is 7.77. The molecule has 1 aromatic rings. The summed E-state index contributed by atoms with van der Waals surface area (Å²) in [5.74, 6) is 1.45. The molecule has 7 heteroatoms. The monoisotopic (exact) mass is 374 g/mol. The fourth-order valence-corrected chi connectivity index (χ4v) is 4.85. The second-order valence-corrected chi connectivity index (χ2v) is 7.41. The standard InChI is InChI=1S/C17H26N4O.2ClH/c1-20-10-14(8-19-20)13-5-7-21(11-13)16(22)17-6-3-2-4-15(17)9-18-12-17;;/h8,10,13,15,18H,2-7,9,11-12H2,1H3;2*1H/t13?,15-,17+;;/m0../s1. The average Bonchev–Trinajstić information content (AvgIpc) is 3.25. The Hall–Kier alpha value is -0.780. The summed E-state index contributed by atoms with van der Waals surface area (Å²) in [4.78, 5) is 15.4. The Labute approximate surface area is 156 Å². The van der Waals surface area contributed by atoms with Gasteiger partial charge in [-0.05, 0) is 37.3 Å². The molecule has 0 bridgehead atoms. The number of nitrogens with one attached hydrogen (secondary N) is 1. The Kier molecular flexibility index (Phi) is 6.21. The van der Waals surface area contributed by atoms with Gasteiger partial charge in [0, 0.05) is 38.8 Å². The topological polar surface area (TPSA) is 50.2 Å². The molecule has 5 nitrogen and oxygen atoms in total. The van der Waals surface area contributed by atoms with E-state index in [-0.39, 0.29) is 30.2 Å². The summed E-state index contributed by atoms with van der Waals surface area (Å²) in [6.07, 6.45) is 9.93. The van der Waals surface area contributed by atoms with Crippen molar-refractivity contribution in [2.75, 3.05) is 26.2 Å². The van der Waals surface area contributed by atoms with Crippen LogP contribution in [0.2, 0.25) is 0 Å². The van der Waals surface area contributed by atoms with Crippen LogP contribution in [0.15, 0.2) is 12.4 Å². The first-order chi connectivity index (χ1) is 10.7. The van der Waals surface area contributed by atoms with Crippen LogP contribution in [0.3, 0.4) is 0 Å². The predicted octanol–water partition coefficient (Wildman–Crippen LogP) is 2.36. The molecule has 4 rings (SSSR count). The molecule has 2 aliphatic heterocycles. The Balaban J connectivity index is 0.00000104. The highest BCUT2D eigenvalue weighted by atomic mass is 35.5. The largest absolute Gasteiger partial charge is 0.342 e. The lowest BCUT2D eigenvalue weighted by Gasteiger charge is -2.39. The number of hydrogen-bond acceptors (Lipinski definition) is 3. The Bertz CT molecular complexity index is 579. The Morgan fingerprint density at radius 2 is 2.17 bits per heavy atom. The highest BCUT2D eigenvalue weighted by Crippen LogP contribution is 2.46. The zero-order chi connectivity index (χ0) is 15.2. The van der Waals surface area contributed by atoms with Gasteiger partial charge in [-0.2, -0.15) is 5.10 Å². The summed E-state index contributed by atoms with van der Waals surface area (Å²) >= 11 is 0. The van der Waals surface area contributed by atoms with Gasteiger partial charge in [0.1, 0.15) is 0 Å². The zero-order valence-electron chi connectivity index (χ0n) is 14.2. The van der Waals surface area contributed by atoms with E-state index in [9.17, 15) is 4.79 Å². The van der Waals surface area contributed by atoms with Crippen molar-refractivity contribution in [3.8, 4) is 0 Å². The number of carbonyl (C=O) groups excluding carboxylic acids is 1. The minimum absolute atomic E-state index is 0. The average molecular weight is 375 g/mol. The smallest absolute Gasteiger partial charge is 0.230 e. The van der Waals surface area contributed by atoms with Crippen LogP contribution in [0, 0.1) is 11.3 Å². The molecule has 1 saturated carbocycles. The van der Waals surface area contributed by atoms with E-state index < -0.39 is 0 Å². The van der Waals surface area contributed by atoms with Gasteiger partial charge in [-0.25, -0.2) is 0 Å². The molecule has 1 N–H and O–H groups in total. The summed E-state index contributed by atoms with van der Waals surface area (Å²) in [6.45, 7) is 3.71. The van der Waals surface area contributed by atoms with E-state index in [1.54, 1.807) is 0 Å². The third-order valence-corrected chi connectivity index (χ3v) is 6.14. The van der Waals surface area contributed by atoms with Crippen LogP contribution < -0.4 is 5.32 Å². The second kappa shape index (κ2) is 7.63. The van der Waals surface area contributed by atoms with Crippen molar-refractivity contribution >= 4 is 30.7 Å². The lowest BCUT2D eigenvalue weighted by molar-refractivity contribution is -0.144. The van der Waals surface area contributed by atoms with E-state index >= 15 is 0 Å². The van der Waals surface area contributed by atoms with Gasteiger partial charge in [0.05, 0.1) is 11.6 Å². The van der Waals surface area contributed by atoms with E-state index in [0.29, 0.717) is 17.7 Å². The highest BCUT2D eigenvalue weighted by molar-refractivity contribution is 5.85. The number of carbonyl (C=O) groups is 1. The molecule has 0 radical (unpaired) electrons. The molecule has 3 heterocycles. The van der Waals surface area contributed by atoms with E-state index in [2.05, 4.69) is 21.5 Å². The molecule has 1 amide bonds. The van der Waals surface area contributed by atoms with Gasteiger partial charge < -0.3 is 10.2 Å². The third-order valence-electron chi connectivity index (χ3n) is 6.14. The van der Waals surface area contributed by atoms with Crippen molar-refractivity contribution < 1.29 is 4.79 Å². The quantitative estimate of drug-likeness (QED) is 0.864. The van der Waals surface area contributed by atoms with E-state index in [1.165, 1.54) is 24.8 Å². The number of aromatic nitrogens is 2. The number of fused-ring (bicyclic) bond motifs is 1. The highest BCUT2D eigenvalue weighted by Gasteiger charge is 2.52. The van der Waals surface area contributed by atoms with Crippen molar-refractivity contribution in [1.29, 1.82) is 0 Å². The minimum Gasteiger partial charge on any atom is -0.342 e. The zero-order valence-corrected chi connectivity index (χ0v) is 15.9. The maximum atomic E-state index is 13.3. The van der Waals surface area contributed by atoms with Crippen molar-refractivity contribution in [3.05, 3.63) is 18.0 Å². The molecule has 0 aromatic carbocycles. The normalized spacial score (nSPS) is 32.0. The molecular weight excluding hydrogens is 347 g/mol. The van der Waals surface area contributed by atoms with Crippen LogP contribution in [0.4, 0.5) is 0 Å². The molecule has 3 aliphatic rings. The summed E-state index contributed by atoms with van der Waals surface area (Å²) < 4.78 is 1.86. The number of halogens is 2. The van der Waals surface area contributed by atoms with Crippen molar-refractivity contribution in [2.24, 2.45) is 18.4 Å². The molecule has 1 unspecified atom stereocenters. The number of rotatable bonds is 2. The molecule has 2 saturated heterocycles. The van der Waals surface area contributed by atoms with Crippen LogP contribution >= 0.6 is 24.8 Å². The van der Waals surface area contributed by atoms with Gasteiger partial charge in [-0.1, -0.05) is 12.8 Å². The fraction of sp³-hybridized carbons (Fsp3) is 0.765. The van der Waals surface area contributed by atoms with Crippen LogP contribution in [0.5, 0.6) is 0 Å². The van der Waals surface area contributed by atoms with Crippen LogP contribution in [0.1, 0.15) is 43.6 Å². The maximum Gasteiger partial charge on any atom is 0.230 e. The van der Waals surface area contributed by atoms with Gasteiger partial charge in [-0.3, -0.25) is 9.48 Å². The number of hydrogen-bond donors (Lipinski definition) is 1. The van der Waals surface area contributed by atoms with Crippen LogP contribution in [-0.4, -0.2) is 46.8 Å². The first-order valence-electron chi connectivity index (χ1n) is 8.68. The number of amides is 1. The summed E-state index contributed by atoms with van der Waals surface area (Å²) in [6, 6.07) is 0. The predicted molar refractivity (Wildman–Crippen MR) is 98.9 cm³/mol. The number of aryl methyl sites for hydroxylation is 1. The van der Waals surface area contributed by atoms with Crippen molar-refractivity contribution in [3.63, 3.8) is 0 Å². The van der Waals surface area contributed by atoms with Gasteiger partial charge in [-0.15, -0.1) is 24.8 Å². The Morgan fingerprint density at radius 3 is 2.92 bits per heavy atom. The van der Waals surface area contributed by atoms with Crippen molar-refractivity contribution in [1.82, 2.24) is 20.0 Å². The molecule has 136 valence electrons. The van der Waals surface area contributed by atoms with Gasteiger partial charge >= 0.3 is 0 Å². The van der Waals surface area contributed by atoms with Crippen LogP contribution in [-0.2, 0) is 11.8 Å². The molecule has 24 heavy (non-hydrogen) atoms. The van der Waals surface area contributed by atoms with E-state index in [1.807, 2.05) is 17.9 Å². The molecule has 1 aliphatic carbocycles. The molecular formula is C17H28Cl2N4O. The maximum absolute atomic E-state index is 13.3. The summed E-state index contributed by atoms with van der Waals surface area (Å²) in [5.41, 5.74) is 1.18. The van der Waals surface area contributed by atoms with Crippen LogP contribution in [0.25, 0.3) is 0 Å². The molecule has 3 fully saturated rings. The molecule has 0 spiro atoms. The lowest BCUT2D eigenvalue weighted by Crippen LogP contribution is -2.49. The lowest BCUT2D eigenvalue weighted by atomic mass is 9.67. The number of nitrogens with zero attached hydrogens (tertiary/aromatic N) is 3.